The molecule has 2 atom stereocenters. The van der Waals surface area contributed by atoms with Crippen LogP contribution in [0.4, 0.5) is 22.7 Å². The third-order valence-electron chi connectivity index (χ3n) is 6.57. The van der Waals surface area contributed by atoms with Crippen molar-refractivity contribution >= 4 is 40.0 Å². The maximum Gasteiger partial charge on any atom is 0.347 e. The van der Waals surface area contributed by atoms with Crippen molar-refractivity contribution in [2.24, 2.45) is 0 Å². The van der Waals surface area contributed by atoms with Crippen LogP contribution in [-0.2, 0) is 0 Å². The molecule has 0 bridgehead atoms. The third kappa shape index (κ3) is 4.95. The van der Waals surface area contributed by atoms with Gasteiger partial charge in [-0.2, -0.15) is 9.97 Å². The van der Waals surface area contributed by atoms with Crippen LogP contribution in [0.1, 0.15) is 34.1 Å². The number of hydrogen-bond donors (Lipinski definition) is 3. The SMILES string of the molecule is Cc1nc(Nc2nc(N3CCN(C)CC3)cc(N3CCNC(c4ccco4)C3C)n2)sc1C(=O)O. The molecule has 2 aliphatic heterocycles. The van der Waals surface area contributed by atoms with Gasteiger partial charge in [-0.05, 0) is 33.0 Å². The van der Waals surface area contributed by atoms with Gasteiger partial charge in [0.25, 0.3) is 0 Å². The first-order chi connectivity index (χ1) is 16.9. The Kier molecular flexibility index (Phi) is 6.58. The van der Waals surface area contributed by atoms with E-state index in [2.05, 4.69) is 44.3 Å². The van der Waals surface area contributed by atoms with Crippen molar-refractivity contribution in [1.82, 2.24) is 25.2 Å². The molecule has 0 saturated carbocycles. The molecule has 2 saturated heterocycles. The number of carboxylic acid groups (broad SMARTS) is 1. The first-order valence-electron chi connectivity index (χ1n) is 11.7. The molecular weight excluding hydrogens is 468 g/mol. The highest BCUT2D eigenvalue weighted by molar-refractivity contribution is 7.17. The van der Waals surface area contributed by atoms with Gasteiger partial charge in [-0.25, -0.2) is 9.78 Å². The van der Waals surface area contributed by atoms with E-state index in [4.69, 9.17) is 14.4 Å². The number of piperazine rings is 2. The van der Waals surface area contributed by atoms with Crippen molar-refractivity contribution in [3.8, 4) is 0 Å². The minimum atomic E-state index is -0.987. The van der Waals surface area contributed by atoms with E-state index in [0.29, 0.717) is 16.8 Å². The van der Waals surface area contributed by atoms with E-state index in [-0.39, 0.29) is 17.0 Å². The quantitative estimate of drug-likeness (QED) is 0.465. The van der Waals surface area contributed by atoms with Crippen molar-refractivity contribution in [2.75, 3.05) is 61.4 Å². The fraction of sp³-hybridized carbons (Fsp3) is 0.478. The van der Waals surface area contributed by atoms with Crippen LogP contribution in [0.3, 0.4) is 0 Å². The molecule has 2 aliphatic rings. The van der Waals surface area contributed by atoms with Crippen molar-refractivity contribution in [1.29, 1.82) is 0 Å². The maximum absolute atomic E-state index is 11.5. The van der Waals surface area contributed by atoms with Crippen LogP contribution in [0.25, 0.3) is 0 Å². The number of thiazole rings is 1. The van der Waals surface area contributed by atoms with Crippen LogP contribution in [0.5, 0.6) is 0 Å². The molecule has 0 amide bonds. The Hall–Kier alpha value is -3.22. The first-order valence-corrected chi connectivity index (χ1v) is 12.5. The van der Waals surface area contributed by atoms with E-state index in [9.17, 15) is 9.90 Å². The van der Waals surface area contributed by atoms with Gasteiger partial charge in [-0.1, -0.05) is 11.3 Å². The number of carbonyl (C=O) groups is 1. The summed E-state index contributed by atoms with van der Waals surface area (Å²) in [7, 11) is 2.12. The van der Waals surface area contributed by atoms with Gasteiger partial charge in [0, 0.05) is 45.3 Å². The number of aromatic nitrogens is 3. The molecule has 11 nitrogen and oxygen atoms in total. The second kappa shape index (κ2) is 9.80. The Bertz CT molecular complexity index is 1180. The van der Waals surface area contributed by atoms with Gasteiger partial charge < -0.3 is 29.5 Å². The highest BCUT2D eigenvalue weighted by Crippen LogP contribution is 2.32. The Morgan fingerprint density at radius 1 is 1.20 bits per heavy atom. The molecule has 35 heavy (non-hydrogen) atoms. The van der Waals surface area contributed by atoms with Crippen LogP contribution in [0, 0.1) is 6.92 Å². The fourth-order valence-corrected chi connectivity index (χ4v) is 5.39. The second-order valence-electron chi connectivity index (χ2n) is 8.94. The molecule has 0 aromatic carbocycles. The van der Waals surface area contributed by atoms with Crippen LogP contribution in [-0.4, -0.2) is 83.3 Å². The average molecular weight is 499 g/mol. The van der Waals surface area contributed by atoms with E-state index in [1.54, 1.807) is 13.2 Å². The van der Waals surface area contributed by atoms with Crippen LogP contribution in [0.2, 0.25) is 0 Å². The molecule has 2 unspecified atom stereocenters. The second-order valence-corrected chi connectivity index (χ2v) is 9.94. The number of likely N-dealkylation sites (N-methyl/N-ethyl adjacent to an activating group) is 1. The first kappa shape index (κ1) is 23.5. The van der Waals surface area contributed by atoms with E-state index in [1.807, 2.05) is 18.2 Å². The highest BCUT2D eigenvalue weighted by Gasteiger charge is 2.32. The van der Waals surface area contributed by atoms with E-state index < -0.39 is 5.97 Å². The van der Waals surface area contributed by atoms with Gasteiger partial charge in [-0.3, -0.25) is 5.32 Å². The standard InChI is InChI=1S/C23H30N8O3S/c1-14-20(21(32)33)35-23(25-14)28-22-26-17(30-10-8-29(3)9-11-30)13-18(27-22)31-7-6-24-19(15(31)2)16-5-4-12-34-16/h4-5,12-13,15,19,24H,6-11H2,1-3H3,(H,32,33)(H,25,26,27,28). The van der Waals surface area contributed by atoms with Crippen molar-refractivity contribution in [3.63, 3.8) is 0 Å². The number of hydrogen-bond acceptors (Lipinski definition) is 11. The number of aryl methyl sites for hydroxylation is 1. The largest absolute Gasteiger partial charge is 0.477 e. The van der Waals surface area contributed by atoms with Gasteiger partial charge in [0.15, 0.2) is 5.13 Å². The summed E-state index contributed by atoms with van der Waals surface area (Å²) >= 11 is 1.09. The number of aromatic carboxylic acids is 1. The summed E-state index contributed by atoms with van der Waals surface area (Å²) in [5.74, 6) is 1.97. The monoisotopic (exact) mass is 498 g/mol. The molecule has 0 spiro atoms. The van der Waals surface area contributed by atoms with Gasteiger partial charge >= 0.3 is 5.97 Å². The predicted molar refractivity (Wildman–Crippen MR) is 135 cm³/mol. The predicted octanol–water partition coefficient (Wildman–Crippen LogP) is 2.57. The summed E-state index contributed by atoms with van der Waals surface area (Å²) in [4.78, 5) is 32.5. The lowest BCUT2D eigenvalue weighted by atomic mass is 10.0. The molecule has 3 aromatic rings. The molecular formula is C23H30N8O3S. The Balaban J connectivity index is 1.48. The van der Waals surface area contributed by atoms with Gasteiger partial charge in [0.1, 0.15) is 22.3 Å². The summed E-state index contributed by atoms with van der Waals surface area (Å²) in [6.07, 6.45) is 1.70. The molecule has 3 N–H and O–H groups in total. The van der Waals surface area contributed by atoms with Gasteiger partial charge in [0.2, 0.25) is 5.95 Å². The van der Waals surface area contributed by atoms with Crippen molar-refractivity contribution in [2.45, 2.75) is 25.9 Å². The van der Waals surface area contributed by atoms with Gasteiger partial charge in [0.05, 0.1) is 24.0 Å². The molecule has 5 heterocycles. The minimum absolute atomic E-state index is 0.0388. The zero-order valence-corrected chi connectivity index (χ0v) is 20.9. The Labute approximate surface area is 207 Å². The number of anilines is 4. The number of rotatable bonds is 6. The summed E-state index contributed by atoms with van der Waals surface area (Å²) in [6.45, 7) is 9.09. The lowest BCUT2D eigenvalue weighted by Gasteiger charge is -2.40. The summed E-state index contributed by atoms with van der Waals surface area (Å²) < 4.78 is 5.69. The number of nitrogens with zero attached hydrogens (tertiary/aromatic N) is 6. The number of furan rings is 1. The van der Waals surface area contributed by atoms with E-state index in [1.165, 1.54) is 0 Å². The topological polar surface area (TPSA) is 123 Å². The zero-order chi connectivity index (χ0) is 24.5. The number of nitrogens with one attached hydrogen (secondary N) is 2. The van der Waals surface area contributed by atoms with Crippen LogP contribution < -0.4 is 20.4 Å². The Morgan fingerprint density at radius 3 is 2.66 bits per heavy atom. The normalized spacial score (nSPS) is 21.3. The smallest absolute Gasteiger partial charge is 0.347 e. The lowest BCUT2D eigenvalue weighted by Crippen LogP contribution is -2.52. The zero-order valence-electron chi connectivity index (χ0n) is 20.1. The maximum atomic E-state index is 11.5. The summed E-state index contributed by atoms with van der Waals surface area (Å²) in [5.41, 5.74) is 0.470. The molecule has 0 radical (unpaired) electrons. The van der Waals surface area contributed by atoms with Crippen LogP contribution in [0.15, 0.2) is 28.9 Å². The highest BCUT2D eigenvalue weighted by atomic mass is 32.1. The summed E-state index contributed by atoms with van der Waals surface area (Å²) in [6, 6.07) is 6.08. The van der Waals surface area contributed by atoms with E-state index in [0.717, 1.165) is 68.0 Å². The van der Waals surface area contributed by atoms with E-state index >= 15 is 0 Å². The molecule has 2 fully saturated rings. The van der Waals surface area contributed by atoms with Crippen molar-refractivity contribution < 1.29 is 14.3 Å². The summed E-state index contributed by atoms with van der Waals surface area (Å²) in [5, 5.41) is 16.6. The molecule has 186 valence electrons. The average Bonchev–Trinajstić information content (AvgIpc) is 3.49. The van der Waals surface area contributed by atoms with Crippen LogP contribution >= 0.6 is 11.3 Å². The molecule has 12 heteroatoms. The molecule has 3 aromatic heterocycles. The number of carboxylic acids is 1. The molecule has 5 rings (SSSR count). The third-order valence-corrected chi connectivity index (χ3v) is 7.63. The molecule has 0 aliphatic carbocycles. The lowest BCUT2D eigenvalue weighted by molar-refractivity contribution is 0.0701. The van der Waals surface area contributed by atoms with Crippen molar-refractivity contribution in [3.05, 3.63) is 40.8 Å². The Morgan fingerprint density at radius 2 is 1.97 bits per heavy atom. The van der Waals surface area contributed by atoms with Gasteiger partial charge in [-0.15, -0.1) is 0 Å². The minimum Gasteiger partial charge on any atom is -0.477 e. The fourth-order valence-electron chi connectivity index (χ4n) is 4.59.